The summed E-state index contributed by atoms with van der Waals surface area (Å²) in [5.74, 6) is -0.688. The van der Waals surface area contributed by atoms with E-state index >= 15 is 0 Å². The van der Waals surface area contributed by atoms with Gasteiger partial charge in [0.15, 0.2) is 11.2 Å². The molecule has 0 unspecified atom stereocenters. The summed E-state index contributed by atoms with van der Waals surface area (Å²) in [4.78, 5) is 32.5. The topological polar surface area (TPSA) is 88.4 Å². The quantitative estimate of drug-likeness (QED) is 0.864. The predicted molar refractivity (Wildman–Crippen MR) is 82.3 cm³/mol. The van der Waals surface area contributed by atoms with Gasteiger partial charge >= 0.3 is 5.76 Å². The van der Waals surface area contributed by atoms with Crippen LogP contribution in [-0.4, -0.2) is 46.1 Å². The normalized spacial score (nSPS) is 21.0. The molecule has 0 radical (unpaired) electrons. The highest BCUT2D eigenvalue weighted by atomic mass is 16.5. The highest BCUT2D eigenvalue weighted by Gasteiger charge is 2.39. The number of rotatable bonds is 1. The molecule has 1 saturated carbocycles. The van der Waals surface area contributed by atoms with Gasteiger partial charge in [0.25, 0.3) is 5.91 Å². The van der Waals surface area contributed by atoms with E-state index in [9.17, 15) is 9.59 Å². The van der Waals surface area contributed by atoms with E-state index in [0.717, 1.165) is 25.7 Å². The van der Waals surface area contributed by atoms with Crippen LogP contribution in [0.1, 0.15) is 42.6 Å². The number of aromatic nitrogens is 2. The zero-order chi connectivity index (χ0) is 15.9. The van der Waals surface area contributed by atoms with Gasteiger partial charge < -0.3 is 14.1 Å². The Kier molecular flexibility index (Phi) is 3.45. The van der Waals surface area contributed by atoms with Gasteiger partial charge in [-0.25, -0.2) is 9.78 Å². The molecule has 2 aromatic rings. The lowest BCUT2D eigenvalue weighted by Gasteiger charge is -2.44. The van der Waals surface area contributed by atoms with Crippen molar-refractivity contribution in [3.63, 3.8) is 0 Å². The van der Waals surface area contributed by atoms with E-state index in [4.69, 9.17) is 9.15 Å². The van der Waals surface area contributed by atoms with Gasteiger partial charge in [0.1, 0.15) is 5.69 Å². The zero-order valence-corrected chi connectivity index (χ0v) is 12.8. The lowest BCUT2D eigenvalue weighted by atomic mass is 9.83. The lowest BCUT2D eigenvalue weighted by Crippen LogP contribution is -2.54. The summed E-state index contributed by atoms with van der Waals surface area (Å²) in [6, 6.07) is 3.20. The Labute approximate surface area is 132 Å². The van der Waals surface area contributed by atoms with Crippen LogP contribution in [0.3, 0.4) is 0 Å². The maximum absolute atomic E-state index is 12.8. The largest absolute Gasteiger partial charge is 0.418 e. The van der Waals surface area contributed by atoms with Gasteiger partial charge in [-0.05, 0) is 25.0 Å². The van der Waals surface area contributed by atoms with E-state index < -0.39 is 5.76 Å². The third-order valence-corrected chi connectivity index (χ3v) is 4.80. The summed E-state index contributed by atoms with van der Waals surface area (Å²) in [5.41, 5.74) is 0.807. The molecule has 1 aliphatic heterocycles. The minimum atomic E-state index is -0.565. The van der Waals surface area contributed by atoms with Crippen LogP contribution in [0.5, 0.6) is 0 Å². The Morgan fingerprint density at radius 3 is 2.91 bits per heavy atom. The molecule has 0 atom stereocenters. The molecule has 4 rings (SSSR count). The molecule has 7 nitrogen and oxygen atoms in total. The van der Waals surface area contributed by atoms with Crippen molar-refractivity contribution in [2.45, 2.75) is 37.7 Å². The molecule has 1 N–H and O–H groups in total. The van der Waals surface area contributed by atoms with Crippen molar-refractivity contribution in [2.75, 3.05) is 19.7 Å². The van der Waals surface area contributed by atoms with Crippen molar-refractivity contribution in [3.05, 3.63) is 28.4 Å². The number of carbonyl (C=O) groups excluding carboxylic acids is 1. The standard InChI is InChI=1S/C16H19N3O4/c20-14(11-4-5-12-13(17-11)18-15(21)23-12)19-8-9-22-16(10-19)6-2-1-3-7-16/h4-5H,1-3,6-10H2,(H,17,18,21). The number of nitrogens with one attached hydrogen (secondary N) is 1. The number of morpholine rings is 1. The summed E-state index contributed by atoms with van der Waals surface area (Å²) in [7, 11) is 0. The Balaban J connectivity index is 1.58. The molecule has 2 aromatic heterocycles. The van der Waals surface area contributed by atoms with Gasteiger partial charge in [-0.2, -0.15) is 0 Å². The number of fused-ring (bicyclic) bond motifs is 1. The molecule has 0 aromatic carbocycles. The first-order valence-corrected chi connectivity index (χ1v) is 8.08. The molecule has 0 bridgehead atoms. The van der Waals surface area contributed by atoms with Gasteiger partial charge in [-0.1, -0.05) is 19.3 Å². The molecule has 7 heteroatoms. The second-order valence-electron chi connectivity index (χ2n) is 6.38. The molecule has 122 valence electrons. The first-order valence-electron chi connectivity index (χ1n) is 8.08. The van der Waals surface area contributed by atoms with Crippen molar-refractivity contribution in [3.8, 4) is 0 Å². The molecule has 1 aliphatic carbocycles. The Morgan fingerprint density at radius 2 is 2.09 bits per heavy atom. The summed E-state index contributed by atoms with van der Waals surface area (Å²) < 4.78 is 10.9. The number of ether oxygens (including phenoxy) is 1. The number of carbonyl (C=O) groups is 1. The molecule has 23 heavy (non-hydrogen) atoms. The minimum Gasteiger partial charge on any atom is -0.406 e. The second-order valence-corrected chi connectivity index (χ2v) is 6.38. The number of hydrogen-bond acceptors (Lipinski definition) is 5. The van der Waals surface area contributed by atoms with E-state index in [0.29, 0.717) is 36.6 Å². The highest BCUT2D eigenvalue weighted by Crippen LogP contribution is 2.34. The van der Waals surface area contributed by atoms with Crippen LogP contribution in [0.4, 0.5) is 0 Å². The van der Waals surface area contributed by atoms with Crippen LogP contribution in [0.2, 0.25) is 0 Å². The van der Waals surface area contributed by atoms with Gasteiger partial charge in [0, 0.05) is 6.54 Å². The van der Waals surface area contributed by atoms with E-state index in [1.807, 2.05) is 4.90 Å². The predicted octanol–water partition coefficient (Wildman–Crippen LogP) is 1.69. The van der Waals surface area contributed by atoms with Crippen LogP contribution < -0.4 is 5.76 Å². The highest BCUT2D eigenvalue weighted by molar-refractivity contribution is 5.94. The van der Waals surface area contributed by atoms with Crippen molar-refractivity contribution in [1.29, 1.82) is 0 Å². The number of oxazole rings is 1. The van der Waals surface area contributed by atoms with Crippen molar-refractivity contribution in [2.24, 2.45) is 0 Å². The van der Waals surface area contributed by atoms with Crippen LogP contribution in [0.25, 0.3) is 11.2 Å². The molecule has 1 saturated heterocycles. The summed E-state index contributed by atoms with van der Waals surface area (Å²) in [5, 5.41) is 0. The van der Waals surface area contributed by atoms with Gasteiger partial charge in [-0.3, -0.25) is 9.78 Å². The molecule has 1 spiro atoms. The number of amides is 1. The van der Waals surface area contributed by atoms with Crippen LogP contribution in [0.15, 0.2) is 21.3 Å². The monoisotopic (exact) mass is 317 g/mol. The fourth-order valence-corrected chi connectivity index (χ4v) is 3.64. The Hall–Kier alpha value is -2.15. The summed E-state index contributed by atoms with van der Waals surface area (Å²) in [6.45, 7) is 1.76. The van der Waals surface area contributed by atoms with Crippen molar-refractivity contribution >= 4 is 17.1 Å². The van der Waals surface area contributed by atoms with Gasteiger partial charge in [0.2, 0.25) is 0 Å². The zero-order valence-electron chi connectivity index (χ0n) is 12.8. The number of nitrogens with zero attached hydrogens (tertiary/aromatic N) is 2. The third kappa shape index (κ3) is 2.65. The molecule has 2 fully saturated rings. The van der Waals surface area contributed by atoms with E-state index in [-0.39, 0.29) is 11.5 Å². The van der Waals surface area contributed by atoms with Gasteiger partial charge in [0.05, 0.1) is 18.8 Å². The minimum absolute atomic E-state index is 0.123. The number of pyridine rings is 1. The number of aromatic amines is 1. The van der Waals surface area contributed by atoms with Gasteiger partial charge in [-0.15, -0.1) is 0 Å². The lowest BCUT2D eigenvalue weighted by molar-refractivity contribution is -0.117. The maximum atomic E-state index is 12.8. The molecule has 1 amide bonds. The summed E-state index contributed by atoms with van der Waals surface area (Å²) in [6.07, 6.45) is 5.58. The smallest absolute Gasteiger partial charge is 0.406 e. The maximum Gasteiger partial charge on any atom is 0.418 e. The fraction of sp³-hybridized carbons (Fsp3) is 0.562. The van der Waals surface area contributed by atoms with E-state index in [1.54, 1.807) is 12.1 Å². The summed E-state index contributed by atoms with van der Waals surface area (Å²) >= 11 is 0. The molecule has 2 aliphatic rings. The fourth-order valence-electron chi connectivity index (χ4n) is 3.64. The van der Waals surface area contributed by atoms with Crippen LogP contribution >= 0.6 is 0 Å². The van der Waals surface area contributed by atoms with Crippen LogP contribution in [0, 0.1) is 0 Å². The molecule has 3 heterocycles. The Bertz CT molecular complexity index is 782. The second kappa shape index (κ2) is 5.49. The molecular weight excluding hydrogens is 298 g/mol. The third-order valence-electron chi connectivity index (χ3n) is 4.80. The average molecular weight is 317 g/mol. The first-order chi connectivity index (χ1) is 11.2. The average Bonchev–Trinajstić information content (AvgIpc) is 2.94. The van der Waals surface area contributed by atoms with Crippen LogP contribution in [-0.2, 0) is 4.74 Å². The van der Waals surface area contributed by atoms with E-state index in [1.165, 1.54) is 6.42 Å². The number of hydrogen-bond donors (Lipinski definition) is 1. The molecular formula is C16H19N3O4. The van der Waals surface area contributed by atoms with Crippen molar-refractivity contribution in [1.82, 2.24) is 14.9 Å². The first kappa shape index (κ1) is 14.4. The number of H-pyrrole nitrogens is 1. The van der Waals surface area contributed by atoms with Crippen molar-refractivity contribution < 1.29 is 13.9 Å². The SMILES string of the molecule is O=C(c1ccc2oc(=O)[nH]c2n1)N1CCOC2(CCCCC2)C1. The Morgan fingerprint density at radius 1 is 1.26 bits per heavy atom. The van der Waals surface area contributed by atoms with E-state index in [2.05, 4.69) is 9.97 Å².